The summed E-state index contributed by atoms with van der Waals surface area (Å²) in [5, 5.41) is 22.3. The van der Waals surface area contributed by atoms with Gasteiger partial charge in [-0.15, -0.1) is 20.4 Å². The van der Waals surface area contributed by atoms with Crippen LogP contribution in [0.2, 0.25) is 0 Å². The predicted molar refractivity (Wildman–Crippen MR) is 125 cm³/mol. The minimum absolute atomic E-state index is 0.145. The number of hydrogen-bond donors (Lipinski definition) is 1. The number of nitrogens with one attached hydrogen (secondary N) is 1. The Hall–Kier alpha value is -4.41. The Morgan fingerprint density at radius 3 is 2.59 bits per heavy atom. The van der Waals surface area contributed by atoms with E-state index < -0.39 is 0 Å². The molecule has 4 heterocycles. The maximum Gasteiger partial charge on any atom is 0.335 e. The van der Waals surface area contributed by atoms with Crippen molar-refractivity contribution in [1.29, 1.82) is 0 Å². The van der Waals surface area contributed by atoms with Gasteiger partial charge in [0, 0.05) is 36.3 Å². The highest BCUT2D eigenvalue weighted by Crippen LogP contribution is 2.28. The van der Waals surface area contributed by atoms with Crippen LogP contribution in [-0.2, 0) is 20.0 Å². The lowest BCUT2D eigenvalue weighted by Crippen LogP contribution is -2.26. The second-order valence-corrected chi connectivity index (χ2v) is 8.04. The Morgan fingerprint density at radius 1 is 1.06 bits per heavy atom. The molecule has 0 fully saturated rings. The summed E-state index contributed by atoms with van der Waals surface area (Å²) in [7, 11) is 1.82. The van der Waals surface area contributed by atoms with E-state index in [1.807, 2.05) is 49.6 Å². The molecule has 11 nitrogen and oxygen atoms in total. The predicted octanol–water partition coefficient (Wildman–Crippen LogP) is 2.40. The number of imidazole rings is 1. The average molecular weight is 457 g/mol. The Kier molecular flexibility index (Phi) is 5.81. The first kappa shape index (κ1) is 21.4. The van der Waals surface area contributed by atoms with Gasteiger partial charge in [-0.3, -0.25) is 9.55 Å². The van der Waals surface area contributed by atoms with Crippen LogP contribution in [0.15, 0.2) is 59.9 Å². The highest BCUT2D eigenvalue weighted by molar-refractivity contribution is 5.78. The zero-order valence-corrected chi connectivity index (χ0v) is 19.0. The Balaban J connectivity index is 1.47. The molecule has 0 spiro atoms. The highest BCUT2D eigenvalue weighted by Gasteiger charge is 2.16. The van der Waals surface area contributed by atoms with Crippen molar-refractivity contribution in [2.45, 2.75) is 32.7 Å². The summed E-state index contributed by atoms with van der Waals surface area (Å²) in [6.07, 6.45) is 8.09. The van der Waals surface area contributed by atoms with Crippen molar-refractivity contribution in [3.8, 4) is 28.6 Å². The summed E-state index contributed by atoms with van der Waals surface area (Å²) in [6, 6.07) is 11.7. The SMILES string of the molecule is CCCCc1cn(-c2nncn2C)c(=O)n1Cc1ccc(-c2ccccc2-c2nn[nH]n2)nc1. The molecule has 0 aliphatic heterocycles. The molecule has 0 saturated carbocycles. The lowest BCUT2D eigenvalue weighted by molar-refractivity contribution is 0.667. The average Bonchev–Trinajstić information content (AvgIpc) is 3.61. The number of H-pyrrole nitrogens is 1. The molecule has 0 radical (unpaired) electrons. The number of rotatable bonds is 8. The van der Waals surface area contributed by atoms with Gasteiger partial charge in [-0.2, -0.15) is 5.21 Å². The second-order valence-electron chi connectivity index (χ2n) is 8.04. The van der Waals surface area contributed by atoms with E-state index >= 15 is 0 Å². The third kappa shape index (κ3) is 4.03. The van der Waals surface area contributed by atoms with Crippen LogP contribution < -0.4 is 5.69 Å². The molecule has 0 amide bonds. The fourth-order valence-corrected chi connectivity index (χ4v) is 3.93. The van der Waals surface area contributed by atoms with Crippen LogP contribution in [0.3, 0.4) is 0 Å². The number of hydrogen-bond acceptors (Lipinski definition) is 7. The summed E-state index contributed by atoms with van der Waals surface area (Å²) in [5.41, 5.74) is 4.28. The van der Waals surface area contributed by atoms with Gasteiger partial charge in [0.2, 0.25) is 11.8 Å². The third-order valence-corrected chi connectivity index (χ3v) is 5.71. The van der Waals surface area contributed by atoms with Gasteiger partial charge in [0.25, 0.3) is 0 Å². The molecule has 0 bridgehead atoms. The van der Waals surface area contributed by atoms with E-state index in [2.05, 4.69) is 42.7 Å². The van der Waals surface area contributed by atoms with Crippen LogP contribution in [0.1, 0.15) is 31.0 Å². The van der Waals surface area contributed by atoms with Gasteiger partial charge >= 0.3 is 5.69 Å². The minimum atomic E-state index is -0.145. The third-order valence-electron chi connectivity index (χ3n) is 5.71. The van der Waals surface area contributed by atoms with Crippen molar-refractivity contribution in [2.24, 2.45) is 7.05 Å². The van der Waals surface area contributed by atoms with Crippen LogP contribution in [0.4, 0.5) is 0 Å². The van der Waals surface area contributed by atoms with Gasteiger partial charge in [0.05, 0.1) is 12.2 Å². The molecular weight excluding hydrogens is 432 g/mol. The topological polar surface area (TPSA) is 125 Å². The molecule has 34 heavy (non-hydrogen) atoms. The van der Waals surface area contributed by atoms with Crippen LogP contribution in [0.5, 0.6) is 0 Å². The van der Waals surface area contributed by atoms with E-state index in [-0.39, 0.29) is 5.69 Å². The first-order chi connectivity index (χ1) is 16.7. The molecule has 1 aromatic carbocycles. The zero-order chi connectivity index (χ0) is 23.5. The molecule has 0 atom stereocenters. The van der Waals surface area contributed by atoms with E-state index in [0.29, 0.717) is 18.3 Å². The number of pyridine rings is 1. The molecule has 5 rings (SSSR count). The van der Waals surface area contributed by atoms with E-state index in [4.69, 9.17) is 0 Å². The summed E-state index contributed by atoms with van der Waals surface area (Å²) in [5.74, 6) is 1.01. The molecular formula is C23H24N10O. The number of aryl methyl sites for hydroxylation is 2. The molecule has 11 heteroatoms. The van der Waals surface area contributed by atoms with E-state index in [1.165, 1.54) is 0 Å². The fraction of sp³-hybridized carbons (Fsp3) is 0.261. The van der Waals surface area contributed by atoms with E-state index in [0.717, 1.165) is 47.3 Å². The van der Waals surface area contributed by atoms with Crippen LogP contribution >= 0.6 is 0 Å². The normalized spacial score (nSPS) is 11.2. The molecule has 0 aliphatic rings. The summed E-state index contributed by atoms with van der Waals surface area (Å²) < 4.78 is 5.07. The van der Waals surface area contributed by atoms with Gasteiger partial charge in [-0.05, 0) is 29.7 Å². The molecule has 172 valence electrons. The fourth-order valence-electron chi connectivity index (χ4n) is 3.93. The molecule has 4 aromatic heterocycles. The van der Waals surface area contributed by atoms with E-state index in [1.54, 1.807) is 26.2 Å². The van der Waals surface area contributed by atoms with E-state index in [9.17, 15) is 4.79 Å². The number of aromatic amines is 1. The second kappa shape index (κ2) is 9.22. The maximum atomic E-state index is 13.3. The number of aromatic nitrogens is 10. The molecule has 5 aromatic rings. The molecule has 0 aliphatic carbocycles. The first-order valence-corrected chi connectivity index (χ1v) is 11.1. The quantitative estimate of drug-likeness (QED) is 0.380. The maximum absolute atomic E-state index is 13.3. The zero-order valence-electron chi connectivity index (χ0n) is 19.0. The number of tetrazole rings is 1. The lowest BCUT2D eigenvalue weighted by atomic mass is 10.0. The number of unbranched alkanes of at least 4 members (excludes halogenated alkanes) is 1. The lowest BCUT2D eigenvalue weighted by Gasteiger charge is -2.09. The van der Waals surface area contributed by atoms with Gasteiger partial charge in [-0.25, -0.2) is 9.36 Å². The smallest absolute Gasteiger partial charge is 0.302 e. The van der Waals surface area contributed by atoms with Gasteiger partial charge in [-0.1, -0.05) is 43.7 Å². The van der Waals surface area contributed by atoms with Crippen molar-refractivity contribution >= 4 is 0 Å². The van der Waals surface area contributed by atoms with Crippen LogP contribution in [-0.4, -0.2) is 49.5 Å². The molecule has 0 saturated heterocycles. The standard InChI is InChI=1S/C23H24N10O/c1-3-4-7-17-14-33(22-28-25-15-31(22)2)23(34)32(17)13-16-10-11-20(24-12-16)18-8-5-6-9-19(18)21-26-29-30-27-21/h5-6,8-12,14-15H,3-4,7,13H2,1-2H3,(H,26,27,29,30). The first-order valence-electron chi connectivity index (χ1n) is 11.1. The molecule has 1 N–H and O–H groups in total. The van der Waals surface area contributed by atoms with Gasteiger partial charge < -0.3 is 4.57 Å². The van der Waals surface area contributed by atoms with Crippen molar-refractivity contribution in [3.05, 3.63) is 76.9 Å². The summed E-state index contributed by atoms with van der Waals surface area (Å²) in [4.78, 5) is 17.9. The van der Waals surface area contributed by atoms with Gasteiger partial charge in [0.1, 0.15) is 6.33 Å². The minimum Gasteiger partial charge on any atom is -0.302 e. The van der Waals surface area contributed by atoms with Gasteiger partial charge in [0.15, 0.2) is 0 Å². The number of benzene rings is 1. The number of nitrogens with zero attached hydrogens (tertiary/aromatic N) is 9. The van der Waals surface area contributed by atoms with Crippen molar-refractivity contribution in [3.63, 3.8) is 0 Å². The van der Waals surface area contributed by atoms with Crippen molar-refractivity contribution in [2.75, 3.05) is 0 Å². The largest absolute Gasteiger partial charge is 0.335 e. The van der Waals surface area contributed by atoms with Crippen LogP contribution in [0.25, 0.3) is 28.6 Å². The summed E-state index contributed by atoms with van der Waals surface area (Å²) >= 11 is 0. The Labute approximate surface area is 195 Å². The monoisotopic (exact) mass is 456 g/mol. The van der Waals surface area contributed by atoms with Crippen LogP contribution in [0, 0.1) is 0 Å². The summed E-state index contributed by atoms with van der Waals surface area (Å²) in [6.45, 7) is 2.56. The Bertz CT molecular complexity index is 1440. The Morgan fingerprint density at radius 2 is 1.91 bits per heavy atom. The van der Waals surface area contributed by atoms with Crippen molar-refractivity contribution < 1.29 is 0 Å². The van der Waals surface area contributed by atoms with Crippen molar-refractivity contribution in [1.82, 2.24) is 49.5 Å². The molecule has 0 unspecified atom stereocenters. The highest BCUT2D eigenvalue weighted by atomic mass is 16.1.